The van der Waals surface area contributed by atoms with Crippen LogP contribution in [-0.2, 0) is 0 Å². The van der Waals surface area contributed by atoms with Crippen LogP contribution in [0.3, 0.4) is 0 Å². The highest BCUT2D eigenvalue weighted by atomic mass is 16.3. The smallest absolute Gasteiger partial charge is 0.0798 e. The van der Waals surface area contributed by atoms with Crippen molar-refractivity contribution in [3.05, 3.63) is 0 Å². The molecule has 2 saturated heterocycles. The van der Waals surface area contributed by atoms with E-state index in [0.29, 0.717) is 0 Å². The standard InChI is InChI=1S/C13H27N3O/c1-13(17)5-6-14-8-12(13)16(3)10-11-4-7-15(2)9-11/h11-12,14,17H,4-10H2,1-3H3. The second kappa shape index (κ2) is 5.22. The summed E-state index contributed by atoms with van der Waals surface area (Å²) >= 11 is 0. The third-order valence-electron chi connectivity index (χ3n) is 4.43. The molecule has 17 heavy (non-hydrogen) atoms. The summed E-state index contributed by atoms with van der Waals surface area (Å²) in [6.07, 6.45) is 2.15. The molecule has 2 fully saturated rings. The van der Waals surface area contributed by atoms with Gasteiger partial charge >= 0.3 is 0 Å². The van der Waals surface area contributed by atoms with E-state index in [9.17, 15) is 5.11 Å². The van der Waals surface area contributed by atoms with Crippen molar-refractivity contribution >= 4 is 0 Å². The number of aliphatic hydroxyl groups is 1. The van der Waals surface area contributed by atoms with Gasteiger partial charge in [0.25, 0.3) is 0 Å². The van der Waals surface area contributed by atoms with Crippen molar-refractivity contribution in [2.75, 3.05) is 46.8 Å². The lowest BCUT2D eigenvalue weighted by atomic mass is 9.88. The Morgan fingerprint density at radius 3 is 2.88 bits per heavy atom. The number of piperidine rings is 1. The molecule has 0 bridgehead atoms. The van der Waals surface area contributed by atoms with E-state index in [2.05, 4.69) is 29.2 Å². The van der Waals surface area contributed by atoms with Gasteiger partial charge in [0.15, 0.2) is 0 Å². The molecule has 2 aliphatic rings. The Morgan fingerprint density at radius 2 is 2.29 bits per heavy atom. The van der Waals surface area contributed by atoms with Crippen molar-refractivity contribution in [3.8, 4) is 0 Å². The summed E-state index contributed by atoms with van der Waals surface area (Å²) in [6.45, 7) is 7.35. The average Bonchev–Trinajstić information content (AvgIpc) is 2.63. The van der Waals surface area contributed by atoms with Crippen LogP contribution in [0, 0.1) is 5.92 Å². The number of nitrogens with one attached hydrogen (secondary N) is 1. The van der Waals surface area contributed by atoms with Gasteiger partial charge in [-0.15, -0.1) is 0 Å². The van der Waals surface area contributed by atoms with Gasteiger partial charge < -0.3 is 15.3 Å². The first kappa shape index (κ1) is 13.3. The SMILES string of the molecule is CN1CCC(CN(C)C2CNCCC2(C)O)C1. The lowest BCUT2D eigenvalue weighted by molar-refractivity contribution is -0.0480. The van der Waals surface area contributed by atoms with Crippen LogP contribution in [0.15, 0.2) is 0 Å². The van der Waals surface area contributed by atoms with Crippen LogP contribution >= 0.6 is 0 Å². The van der Waals surface area contributed by atoms with E-state index in [1.807, 2.05) is 6.92 Å². The van der Waals surface area contributed by atoms with Gasteiger partial charge in [-0.3, -0.25) is 4.90 Å². The summed E-state index contributed by atoms with van der Waals surface area (Å²) in [5.41, 5.74) is -0.537. The van der Waals surface area contributed by atoms with Crippen LogP contribution in [0.1, 0.15) is 19.8 Å². The molecule has 3 unspecified atom stereocenters. The number of likely N-dealkylation sites (N-methyl/N-ethyl adjacent to an activating group) is 1. The zero-order chi connectivity index (χ0) is 12.5. The van der Waals surface area contributed by atoms with Crippen molar-refractivity contribution < 1.29 is 5.11 Å². The summed E-state index contributed by atoms with van der Waals surface area (Å²) in [7, 11) is 4.35. The molecule has 0 aromatic heterocycles. The summed E-state index contributed by atoms with van der Waals surface area (Å²) in [5.74, 6) is 0.766. The van der Waals surface area contributed by atoms with Crippen LogP contribution < -0.4 is 5.32 Å². The molecular formula is C13H27N3O. The molecule has 3 atom stereocenters. The van der Waals surface area contributed by atoms with Gasteiger partial charge in [0.1, 0.15) is 0 Å². The molecule has 2 N–H and O–H groups in total. The molecule has 4 nitrogen and oxygen atoms in total. The van der Waals surface area contributed by atoms with E-state index < -0.39 is 5.60 Å². The number of hydrogen-bond donors (Lipinski definition) is 2. The van der Waals surface area contributed by atoms with E-state index in [0.717, 1.165) is 32.0 Å². The van der Waals surface area contributed by atoms with Crippen LogP contribution in [0.2, 0.25) is 0 Å². The Balaban J connectivity index is 1.88. The van der Waals surface area contributed by atoms with Crippen LogP contribution in [0.4, 0.5) is 0 Å². The fourth-order valence-electron chi connectivity index (χ4n) is 3.31. The first-order valence-electron chi connectivity index (χ1n) is 6.81. The molecule has 0 aromatic rings. The maximum Gasteiger partial charge on any atom is 0.0798 e. The first-order chi connectivity index (χ1) is 7.99. The average molecular weight is 241 g/mol. The number of likely N-dealkylation sites (tertiary alicyclic amines) is 1. The Labute approximate surface area is 105 Å². The molecule has 0 radical (unpaired) electrons. The lowest BCUT2D eigenvalue weighted by Crippen LogP contribution is -2.59. The van der Waals surface area contributed by atoms with Gasteiger partial charge in [-0.2, -0.15) is 0 Å². The first-order valence-corrected chi connectivity index (χ1v) is 6.81. The number of hydrogen-bond acceptors (Lipinski definition) is 4. The third-order valence-corrected chi connectivity index (χ3v) is 4.43. The van der Waals surface area contributed by atoms with Crippen LogP contribution in [0.25, 0.3) is 0 Å². The molecule has 100 valence electrons. The van der Waals surface area contributed by atoms with E-state index in [1.54, 1.807) is 0 Å². The Hall–Kier alpha value is -0.160. The van der Waals surface area contributed by atoms with E-state index in [-0.39, 0.29) is 6.04 Å². The van der Waals surface area contributed by atoms with Crippen molar-refractivity contribution in [1.29, 1.82) is 0 Å². The van der Waals surface area contributed by atoms with Gasteiger partial charge in [-0.1, -0.05) is 0 Å². The minimum atomic E-state index is -0.537. The molecular weight excluding hydrogens is 214 g/mol. The van der Waals surface area contributed by atoms with Gasteiger partial charge in [-0.25, -0.2) is 0 Å². The summed E-state index contributed by atoms with van der Waals surface area (Å²) in [5, 5.41) is 13.8. The second-order valence-electron chi connectivity index (χ2n) is 6.18. The second-order valence-corrected chi connectivity index (χ2v) is 6.18. The molecule has 0 spiro atoms. The van der Waals surface area contributed by atoms with Gasteiger partial charge in [-0.05, 0) is 52.9 Å². The predicted octanol–water partition coefficient (Wildman–Crippen LogP) is -0.0172. The minimum Gasteiger partial charge on any atom is -0.388 e. The number of rotatable bonds is 3. The molecule has 0 amide bonds. The summed E-state index contributed by atoms with van der Waals surface area (Å²) in [6, 6.07) is 0.252. The molecule has 2 heterocycles. The fourth-order valence-corrected chi connectivity index (χ4v) is 3.31. The highest BCUT2D eigenvalue weighted by Crippen LogP contribution is 2.24. The normalized spacial score (nSPS) is 40.1. The van der Waals surface area contributed by atoms with E-state index in [4.69, 9.17) is 0 Å². The molecule has 2 rings (SSSR count). The topological polar surface area (TPSA) is 38.7 Å². The Morgan fingerprint density at radius 1 is 1.53 bits per heavy atom. The van der Waals surface area contributed by atoms with Crippen molar-refractivity contribution in [2.45, 2.75) is 31.4 Å². The largest absolute Gasteiger partial charge is 0.388 e. The molecule has 0 aliphatic carbocycles. The fraction of sp³-hybridized carbons (Fsp3) is 1.00. The Bertz CT molecular complexity index is 257. The van der Waals surface area contributed by atoms with Gasteiger partial charge in [0.2, 0.25) is 0 Å². The monoisotopic (exact) mass is 241 g/mol. The molecule has 0 saturated carbocycles. The van der Waals surface area contributed by atoms with Crippen molar-refractivity contribution in [3.63, 3.8) is 0 Å². The highest BCUT2D eigenvalue weighted by Gasteiger charge is 2.37. The quantitative estimate of drug-likeness (QED) is 0.728. The third kappa shape index (κ3) is 3.19. The van der Waals surface area contributed by atoms with Crippen molar-refractivity contribution in [1.82, 2.24) is 15.1 Å². The predicted molar refractivity (Wildman–Crippen MR) is 70.1 cm³/mol. The van der Waals surface area contributed by atoms with Crippen LogP contribution in [0.5, 0.6) is 0 Å². The summed E-state index contributed by atoms with van der Waals surface area (Å²) < 4.78 is 0. The maximum absolute atomic E-state index is 10.4. The highest BCUT2D eigenvalue weighted by molar-refractivity contribution is 4.95. The minimum absolute atomic E-state index is 0.252. The van der Waals surface area contributed by atoms with Gasteiger partial charge in [0, 0.05) is 19.6 Å². The maximum atomic E-state index is 10.4. The van der Waals surface area contributed by atoms with Gasteiger partial charge in [0.05, 0.1) is 11.6 Å². The van der Waals surface area contributed by atoms with E-state index >= 15 is 0 Å². The zero-order valence-electron chi connectivity index (χ0n) is 11.4. The summed E-state index contributed by atoms with van der Waals surface area (Å²) in [4.78, 5) is 4.76. The Kier molecular flexibility index (Phi) is 4.08. The van der Waals surface area contributed by atoms with Crippen LogP contribution in [-0.4, -0.2) is 73.4 Å². The van der Waals surface area contributed by atoms with Crippen molar-refractivity contribution in [2.24, 2.45) is 5.92 Å². The molecule has 2 aliphatic heterocycles. The molecule has 4 heteroatoms. The number of nitrogens with zero attached hydrogens (tertiary/aromatic N) is 2. The molecule has 0 aromatic carbocycles. The zero-order valence-corrected chi connectivity index (χ0v) is 11.4. The van der Waals surface area contributed by atoms with E-state index in [1.165, 1.54) is 19.5 Å². The lowest BCUT2D eigenvalue weighted by Gasteiger charge is -2.43.